The molecule has 0 spiro atoms. The van der Waals surface area contributed by atoms with Crippen LogP contribution in [0.2, 0.25) is 0 Å². The minimum atomic E-state index is -3.70. The second kappa shape index (κ2) is 2.78. The highest BCUT2D eigenvalue weighted by atomic mass is 79.9. The van der Waals surface area contributed by atoms with E-state index in [2.05, 4.69) is 4.74 Å². The summed E-state index contributed by atoms with van der Waals surface area (Å²) in [6.45, 7) is 0.307. The van der Waals surface area contributed by atoms with Crippen molar-refractivity contribution in [3.63, 3.8) is 0 Å². The highest BCUT2D eigenvalue weighted by Gasteiger charge is 2.54. The molecule has 1 nitrogen and oxygen atoms in total. The van der Waals surface area contributed by atoms with Crippen LogP contribution in [0.25, 0.3) is 0 Å². The van der Waals surface area contributed by atoms with E-state index in [9.17, 15) is 13.2 Å². The Kier molecular flexibility index (Phi) is 2.43. The lowest BCUT2D eigenvalue weighted by atomic mass is 10.2. The third-order valence-electron chi connectivity index (χ3n) is 1.30. The van der Waals surface area contributed by atoms with Crippen LogP contribution in [0.1, 0.15) is 6.42 Å². The number of hydrogen-bond acceptors (Lipinski definition) is 1. The van der Waals surface area contributed by atoms with Crippen molar-refractivity contribution in [1.82, 2.24) is 0 Å². The van der Waals surface area contributed by atoms with Crippen molar-refractivity contribution >= 4 is 27.5 Å². The summed E-state index contributed by atoms with van der Waals surface area (Å²) in [6.07, 6.45) is -0.951. The molecule has 0 N–H and O–H groups in total. The summed E-state index contributed by atoms with van der Waals surface area (Å²) in [5, 5.41) is -3.05. The van der Waals surface area contributed by atoms with Crippen molar-refractivity contribution < 1.29 is 17.9 Å². The lowest BCUT2D eigenvalue weighted by molar-refractivity contribution is -0.0130. The molecule has 0 bridgehead atoms. The SMILES string of the molecule is FC(F)(Br)[C@](F)(Cl)C[C@H]1CO1. The molecular weight excluding hydrogens is 248 g/mol. The number of hydrogen-bond donors (Lipinski definition) is 0. The van der Waals surface area contributed by atoms with Crippen LogP contribution in [0.3, 0.4) is 0 Å². The molecule has 1 saturated heterocycles. The average Bonchev–Trinajstić information content (AvgIpc) is 2.45. The van der Waals surface area contributed by atoms with Gasteiger partial charge in [0.2, 0.25) is 0 Å². The van der Waals surface area contributed by atoms with Crippen molar-refractivity contribution in [1.29, 1.82) is 0 Å². The summed E-state index contributed by atoms with van der Waals surface area (Å²) in [5.74, 6) is 0. The Morgan fingerprint density at radius 3 is 2.27 bits per heavy atom. The van der Waals surface area contributed by atoms with Gasteiger partial charge in [-0.25, -0.2) is 4.39 Å². The molecule has 1 fully saturated rings. The molecule has 6 heteroatoms. The number of epoxide rings is 1. The fourth-order valence-electron chi connectivity index (χ4n) is 0.588. The second-order valence-corrected chi connectivity index (χ2v) is 3.96. The molecule has 1 rings (SSSR count). The first-order valence-corrected chi connectivity index (χ1v) is 4.06. The van der Waals surface area contributed by atoms with E-state index in [0.717, 1.165) is 0 Å². The minimum absolute atomic E-state index is 0.307. The molecule has 0 aromatic carbocycles. The summed E-state index contributed by atoms with van der Waals surface area (Å²) in [4.78, 5) is -3.70. The standard InChI is InChI=1S/C5H5BrClF3O/c6-5(9,10)4(7,8)1-3-2-11-3/h3H,1-2H2/t3-,4-/m0/s1. The van der Waals surface area contributed by atoms with Gasteiger partial charge in [0.05, 0.1) is 12.7 Å². The molecule has 0 aromatic heterocycles. The number of ether oxygens (including phenoxy) is 1. The van der Waals surface area contributed by atoms with Crippen LogP contribution < -0.4 is 0 Å². The third kappa shape index (κ3) is 2.49. The van der Waals surface area contributed by atoms with Crippen molar-refractivity contribution in [2.45, 2.75) is 22.5 Å². The Labute approximate surface area is 75.0 Å². The largest absolute Gasteiger partial charge is 0.373 e. The van der Waals surface area contributed by atoms with E-state index in [0.29, 0.717) is 6.61 Å². The van der Waals surface area contributed by atoms with Crippen molar-refractivity contribution in [2.75, 3.05) is 6.61 Å². The van der Waals surface area contributed by atoms with Gasteiger partial charge in [-0.15, -0.1) is 0 Å². The number of rotatable bonds is 3. The Morgan fingerprint density at radius 1 is 1.55 bits per heavy atom. The molecule has 1 aliphatic heterocycles. The average molecular weight is 253 g/mol. The second-order valence-electron chi connectivity index (χ2n) is 2.36. The summed E-state index contributed by atoms with van der Waals surface area (Å²) >= 11 is 6.76. The van der Waals surface area contributed by atoms with Gasteiger partial charge in [0.15, 0.2) is 0 Å². The lowest BCUT2D eigenvalue weighted by Gasteiger charge is -2.21. The Hall–Kier alpha value is 0.520. The maximum atomic E-state index is 12.8. The summed E-state index contributed by atoms with van der Waals surface area (Å²) in [5.41, 5.74) is 0. The summed E-state index contributed by atoms with van der Waals surface area (Å²) in [7, 11) is 0. The van der Waals surface area contributed by atoms with E-state index < -0.39 is 22.5 Å². The highest BCUT2D eigenvalue weighted by Crippen LogP contribution is 2.45. The van der Waals surface area contributed by atoms with Gasteiger partial charge < -0.3 is 4.74 Å². The molecule has 1 aliphatic rings. The van der Waals surface area contributed by atoms with Crippen molar-refractivity contribution in [3.05, 3.63) is 0 Å². The van der Waals surface area contributed by atoms with Gasteiger partial charge in [0.1, 0.15) is 0 Å². The fourth-order valence-corrected chi connectivity index (χ4v) is 0.922. The summed E-state index contributed by atoms with van der Waals surface area (Å²) in [6, 6.07) is 0. The molecule has 0 unspecified atom stereocenters. The highest BCUT2D eigenvalue weighted by molar-refractivity contribution is 9.10. The van der Waals surface area contributed by atoms with E-state index >= 15 is 0 Å². The van der Waals surface area contributed by atoms with Crippen molar-refractivity contribution in [3.8, 4) is 0 Å². The first-order valence-electron chi connectivity index (χ1n) is 2.89. The van der Waals surface area contributed by atoms with Gasteiger partial charge in [-0.3, -0.25) is 0 Å². The minimum Gasteiger partial charge on any atom is -0.373 e. The normalized spacial score (nSPS) is 29.7. The molecule has 0 radical (unpaired) electrons. The van der Waals surface area contributed by atoms with Crippen LogP contribution in [0.15, 0.2) is 0 Å². The van der Waals surface area contributed by atoms with Crippen LogP contribution in [0.5, 0.6) is 0 Å². The first-order chi connectivity index (χ1) is 4.83. The Bertz CT molecular complexity index is 154. The predicted octanol–water partition coefficient (Wildman–Crippen LogP) is 2.67. The summed E-state index contributed by atoms with van der Waals surface area (Å²) < 4.78 is 41.8. The predicted molar refractivity (Wildman–Crippen MR) is 37.9 cm³/mol. The molecule has 66 valence electrons. The zero-order valence-corrected chi connectivity index (χ0v) is 7.63. The van der Waals surface area contributed by atoms with Gasteiger partial charge in [0.25, 0.3) is 5.13 Å². The van der Waals surface area contributed by atoms with E-state index in [-0.39, 0.29) is 0 Å². The van der Waals surface area contributed by atoms with E-state index in [1.165, 1.54) is 0 Å². The fraction of sp³-hybridized carbons (Fsp3) is 1.00. The van der Waals surface area contributed by atoms with Gasteiger partial charge in [0, 0.05) is 6.42 Å². The number of alkyl halides is 5. The molecule has 11 heavy (non-hydrogen) atoms. The van der Waals surface area contributed by atoms with Gasteiger partial charge in [-0.1, -0.05) is 11.6 Å². The molecule has 1 heterocycles. The van der Waals surface area contributed by atoms with Crippen LogP contribution in [-0.4, -0.2) is 22.7 Å². The van der Waals surface area contributed by atoms with Gasteiger partial charge in [-0.2, -0.15) is 8.78 Å². The van der Waals surface area contributed by atoms with Gasteiger partial charge >= 0.3 is 4.83 Å². The van der Waals surface area contributed by atoms with Crippen molar-refractivity contribution in [2.24, 2.45) is 0 Å². The van der Waals surface area contributed by atoms with E-state index in [4.69, 9.17) is 11.6 Å². The monoisotopic (exact) mass is 252 g/mol. The molecule has 0 amide bonds. The quantitative estimate of drug-likeness (QED) is 0.556. The Balaban J connectivity index is 2.49. The maximum Gasteiger partial charge on any atom is 0.348 e. The first kappa shape index (κ1) is 9.61. The molecular formula is C5H5BrClF3O. The van der Waals surface area contributed by atoms with Gasteiger partial charge in [-0.05, 0) is 15.9 Å². The Morgan fingerprint density at radius 2 is 2.00 bits per heavy atom. The lowest BCUT2D eigenvalue weighted by Crippen LogP contribution is -2.35. The zero-order chi connectivity index (χ0) is 8.70. The smallest absolute Gasteiger partial charge is 0.348 e. The van der Waals surface area contributed by atoms with E-state index in [1.807, 2.05) is 15.9 Å². The van der Waals surface area contributed by atoms with E-state index in [1.54, 1.807) is 0 Å². The third-order valence-corrected chi connectivity index (χ3v) is 2.55. The molecule has 0 aromatic rings. The molecule has 0 aliphatic carbocycles. The van der Waals surface area contributed by atoms with Crippen LogP contribution >= 0.6 is 27.5 Å². The van der Waals surface area contributed by atoms with Crippen LogP contribution in [0, 0.1) is 0 Å². The molecule has 2 atom stereocenters. The van der Waals surface area contributed by atoms with Crippen LogP contribution in [0.4, 0.5) is 13.2 Å². The molecule has 0 saturated carbocycles. The van der Waals surface area contributed by atoms with Crippen LogP contribution in [-0.2, 0) is 4.74 Å². The maximum absolute atomic E-state index is 12.8. The topological polar surface area (TPSA) is 12.5 Å². The zero-order valence-electron chi connectivity index (χ0n) is 5.29. The number of halogens is 5.